The van der Waals surface area contributed by atoms with Crippen LogP contribution in [0.4, 0.5) is 5.69 Å². The molecular weight excluding hydrogens is 372 g/mol. The monoisotopic (exact) mass is 386 g/mol. The molecule has 2 aromatic rings. The van der Waals surface area contributed by atoms with E-state index in [-0.39, 0.29) is 0 Å². The summed E-state index contributed by atoms with van der Waals surface area (Å²) in [4.78, 5) is 24.4. The van der Waals surface area contributed by atoms with Gasteiger partial charge in [0.2, 0.25) is 0 Å². The Morgan fingerprint density at radius 3 is 2.81 bits per heavy atom. The van der Waals surface area contributed by atoms with Gasteiger partial charge in [-0.25, -0.2) is 4.79 Å². The van der Waals surface area contributed by atoms with Crippen molar-refractivity contribution in [2.24, 2.45) is 0 Å². The number of hydrogen-bond donors (Lipinski definition) is 1. The quantitative estimate of drug-likeness (QED) is 0.344. The number of nitriles is 1. The minimum Gasteiger partial charge on any atom is -0.452 e. The topological polar surface area (TPSA) is 79.2 Å². The van der Waals surface area contributed by atoms with Crippen LogP contribution in [0.3, 0.4) is 0 Å². The number of benzene rings is 2. The molecule has 1 amide bonds. The first kappa shape index (κ1) is 19.6. The maximum atomic E-state index is 11.9. The van der Waals surface area contributed by atoms with Crippen molar-refractivity contribution in [3.8, 4) is 5.40 Å². The fraction of sp³-hybridized carbons (Fsp3) is 0.105. The highest BCUT2D eigenvalue weighted by Gasteiger charge is 2.08. The summed E-state index contributed by atoms with van der Waals surface area (Å²) in [6.45, 7) is 1.42. The number of aryl methyl sites for hydroxylation is 1. The summed E-state index contributed by atoms with van der Waals surface area (Å²) < 4.78 is 4.91. The second-order valence-corrected chi connectivity index (χ2v) is 6.51. The van der Waals surface area contributed by atoms with E-state index >= 15 is 0 Å². The van der Waals surface area contributed by atoms with Crippen LogP contribution in [0.1, 0.15) is 11.1 Å². The number of ether oxygens (including phenoxy) is 1. The molecule has 26 heavy (non-hydrogen) atoms. The van der Waals surface area contributed by atoms with Gasteiger partial charge in [-0.05, 0) is 66.2 Å². The van der Waals surface area contributed by atoms with E-state index in [9.17, 15) is 9.59 Å². The molecule has 0 bridgehead atoms. The normalized spacial score (nSPS) is 10.3. The van der Waals surface area contributed by atoms with E-state index < -0.39 is 18.5 Å². The summed E-state index contributed by atoms with van der Waals surface area (Å²) in [5.74, 6) is -1.07. The molecule has 0 heterocycles. The van der Waals surface area contributed by atoms with Gasteiger partial charge >= 0.3 is 5.97 Å². The summed E-state index contributed by atoms with van der Waals surface area (Å²) in [5, 5.41) is 13.9. The van der Waals surface area contributed by atoms with E-state index in [1.165, 1.54) is 6.08 Å². The summed E-state index contributed by atoms with van der Waals surface area (Å²) >= 11 is 6.90. The molecule has 0 fully saturated rings. The van der Waals surface area contributed by atoms with Gasteiger partial charge in [0.15, 0.2) is 6.61 Å². The summed E-state index contributed by atoms with van der Waals surface area (Å²) in [7, 11) is 0. The fourth-order valence-electron chi connectivity index (χ4n) is 2.04. The Labute approximate surface area is 160 Å². The molecule has 0 saturated heterocycles. The van der Waals surface area contributed by atoms with E-state index in [1.807, 2.05) is 12.3 Å². The first-order valence-corrected chi connectivity index (χ1v) is 8.74. The molecule has 0 aliphatic carbocycles. The van der Waals surface area contributed by atoms with Crippen molar-refractivity contribution >= 4 is 47.0 Å². The fourth-order valence-corrected chi connectivity index (χ4v) is 2.71. The first-order chi connectivity index (χ1) is 12.5. The number of hydrogen-bond acceptors (Lipinski definition) is 5. The van der Waals surface area contributed by atoms with E-state index in [4.69, 9.17) is 21.6 Å². The maximum Gasteiger partial charge on any atom is 0.331 e. The third-order valence-corrected chi connectivity index (χ3v) is 4.06. The Bertz CT molecular complexity index is 891. The molecule has 7 heteroatoms. The van der Waals surface area contributed by atoms with E-state index in [0.29, 0.717) is 10.7 Å². The van der Waals surface area contributed by atoms with Crippen LogP contribution in [-0.4, -0.2) is 18.5 Å². The maximum absolute atomic E-state index is 11.9. The Kier molecular flexibility index (Phi) is 7.27. The van der Waals surface area contributed by atoms with Crippen molar-refractivity contribution in [3.05, 3.63) is 64.7 Å². The van der Waals surface area contributed by atoms with Crippen LogP contribution in [0, 0.1) is 17.6 Å². The van der Waals surface area contributed by atoms with Gasteiger partial charge in [-0.15, -0.1) is 0 Å². The van der Waals surface area contributed by atoms with Crippen molar-refractivity contribution in [1.29, 1.82) is 5.26 Å². The first-order valence-electron chi connectivity index (χ1n) is 7.55. The minimum atomic E-state index is -0.627. The van der Waals surface area contributed by atoms with Crippen molar-refractivity contribution in [2.45, 2.75) is 11.8 Å². The van der Waals surface area contributed by atoms with Gasteiger partial charge in [0.05, 0.1) is 0 Å². The summed E-state index contributed by atoms with van der Waals surface area (Å²) in [6, 6.07) is 12.2. The third-order valence-electron chi connectivity index (χ3n) is 3.24. The molecule has 5 nitrogen and oxygen atoms in total. The zero-order valence-corrected chi connectivity index (χ0v) is 15.4. The van der Waals surface area contributed by atoms with E-state index in [0.717, 1.165) is 27.8 Å². The van der Waals surface area contributed by atoms with Crippen LogP contribution in [0.2, 0.25) is 5.02 Å². The second-order valence-electron chi connectivity index (χ2n) is 5.21. The van der Waals surface area contributed by atoms with Crippen LogP contribution in [0.25, 0.3) is 6.08 Å². The standard InChI is InChI=1S/C19H15ClN2O3S/c1-13-9-16(26-12-21)6-7-17(13)22-18(23)11-25-19(24)8-5-14-3-2-4-15(20)10-14/h2-10H,11H2,1H3,(H,22,23)/b8-5+. The molecule has 132 valence electrons. The third kappa shape index (κ3) is 6.28. The Morgan fingerprint density at radius 1 is 1.31 bits per heavy atom. The predicted octanol–water partition coefficient (Wildman–Crippen LogP) is 4.42. The Hall–Kier alpha value is -2.75. The average molecular weight is 387 g/mol. The Morgan fingerprint density at radius 2 is 2.12 bits per heavy atom. The largest absolute Gasteiger partial charge is 0.452 e. The zero-order valence-electron chi connectivity index (χ0n) is 13.9. The lowest BCUT2D eigenvalue weighted by Gasteiger charge is -2.09. The van der Waals surface area contributed by atoms with Crippen LogP contribution < -0.4 is 5.32 Å². The number of thiocyanates is 1. The van der Waals surface area contributed by atoms with Crippen molar-refractivity contribution in [2.75, 3.05) is 11.9 Å². The highest BCUT2D eigenvalue weighted by molar-refractivity contribution is 8.03. The molecule has 0 radical (unpaired) electrons. The van der Waals surface area contributed by atoms with Crippen molar-refractivity contribution in [1.82, 2.24) is 0 Å². The number of halogens is 1. The van der Waals surface area contributed by atoms with Gasteiger partial charge in [-0.3, -0.25) is 4.79 Å². The molecule has 2 aromatic carbocycles. The van der Waals surface area contributed by atoms with Gasteiger partial charge < -0.3 is 10.1 Å². The Balaban J connectivity index is 1.85. The van der Waals surface area contributed by atoms with E-state index in [2.05, 4.69) is 5.32 Å². The summed E-state index contributed by atoms with van der Waals surface area (Å²) in [5.41, 5.74) is 2.17. The number of nitrogens with one attached hydrogen (secondary N) is 1. The second kappa shape index (κ2) is 9.66. The molecule has 1 N–H and O–H groups in total. The van der Waals surface area contributed by atoms with Gasteiger partial charge in [0, 0.05) is 21.7 Å². The zero-order chi connectivity index (χ0) is 18.9. The minimum absolute atomic E-state index is 0.396. The molecule has 0 unspecified atom stereocenters. The van der Waals surface area contributed by atoms with Crippen LogP contribution in [-0.2, 0) is 14.3 Å². The number of nitrogens with zero attached hydrogens (tertiary/aromatic N) is 1. The smallest absolute Gasteiger partial charge is 0.331 e. The number of carbonyl (C=O) groups is 2. The lowest BCUT2D eigenvalue weighted by atomic mass is 10.2. The predicted molar refractivity (Wildman–Crippen MR) is 103 cm³/mol. The molecule has 0 aromatic heterocycles. The number of esters is 1. The SMILES string of the molecule is Cc1cc(SC#N)ccc1NC(=O)COC(=O)/C=C/c1cccc(Cl)c1. The van der Waals surface area contributed by atoms with Gasteiger partial charge in [0.1, 0.15) is 5.40 Å². The van der Waals surface area contributed by atoms with Crippen molar-refractivity contribution in [3.63, 3.8) is 0 Å². The number of amides is 1. The number of carbonyl (C=O) groups excluding carboxylic acids is 2. The van der Waals surface area contributed by atoms with Crippen LogP contribution in [0.15, 0.2) is 53.4 Å². The van der Waals surface area contributed by atoms with Gasteiger partial charge in [-0.1, -0.05) is 23.7 Å². The van der Waals surface area contributed by atoms with Crippen LogP contribution >= 0.6 is 23.4 Å². The van der Waals surface area contributed by atoms with E-state index in [1.54, 1.807) is 48.5 Å². The average Bonchev–Trinajstić information content (AvgIpc) is 2.61. The summed E-state index contributed by atoms with van der Waals surface area (Å²) in [6.07, 6.45) is 2.79. The molecule has 2 rings (SSSR count). The number of anilines is 1. The molecule has 0 spiro atoms. The molecular formula is C19H15ClN2O3S. The van der Waals surface area contributed by atoms with Gasteiger partial charge in [-0.2, -0.15) is 5.26 Å². The molecule has 0 saturated carbocycles. The van der Waals surface area contributed by atoms with Crippen molar-refractivity contribution < 1.29 is 14.3 Å². The highest BCUT2D eigenvalue weighted by Crippen LogP contribution is 2.23. The lowest BCUT2D eigenvalue weighted by molar-refractivity contribution is -0.142. The highest BCUT2D eigenvalue weighted by atomic mass is 35.5. The lowest BCUT2D eigenvalue weighted by Crippen LogP contribution is -2.20. The molecule has 0 atom stereocenters. The molecule has 0 aliphatic heterocycles. The molecule has 0 aliphatic rings. The number of rotatable bonds is 6. The number of thioether (sulfide) groups is 1. The van der Waals surface area contributed by atoms with Crippen LogP contribution in [0.5, 0.6) is 0 Å². The van der Waals surface area contributed by atoms with Gasteiger partial charge in [0.25, 0.3) is 5.91 Å².